The van der Waals surface area contributed by atoms with Crippen molar-refractivity contribution in [1.29, 1.82) is 0 Å². The van der Waals surface area contributed by atoms with E-state index < -0.39 is 23.8 Å². The van der Waals surface area contributed by atoms with Crippen molar-refractivity contribution in [2.24, 2.45) is 11.7 Å². The molecule has 0 saturated heterocycles. The van der Waals surface area contributed by atoms with E-state index in [-0.39, 0.29) is 22.0 Å². The summed E-state index contributed by atoms with van der Waals surface area (Å²) in [6, 6.07) is 10.5. The number of nitrogen functional groups attached to an aromatic ring is 1. The molecular formula is C26H31N5O4S. The molecule has 3 aromatic rings. The third kappa shape index (κ3) is 5.83. The molecule has 10 heteroatoms. The Morgan fingerprint density at radius 2 is 1.78 bits per heavy atom. The Hall–Kier alpha value is -3.92. The number of carbonyl (C=O) groups is 3. The van der Waals surface area contributed by atoms with Gasteiger partial charge in [-0.05, 0) is 67.0 Å². The van der Waals surface area contributed by atoms with Crippen LogP contribution in [0, 0.1) is 19.8 Å². The third-order valence-electron chi connectivity index (χ3n) is 5.72. The molecule has 0 bridgehead atoms. The Labute approximate surface area is 214 Å². The molecule has 0 radical (unpaired) electrons. The number of amides is 3. The molecule has 9 nitrogen and oxygen atoms in total. The maximum Gasteiger partial charge on any atom is 0.273 e. The topological polar surface area (TPSA) is 152 Å². The van der Waals surface area contributed by atoms with Crippen LogP contribution in [0.2, 0.25) is 0 Å². The first kappa shape index (κ1) is 26.7. The van der Waals surface area contributed by atoms with Crippen LogP contribution >= 0.6 is 11.5 Å². The van der Waals surface area contributed by atoms with Gasteiger partial charge in [-0.3, -0.25) is 19.3 Å². The van der Waals surface area contributed by atoms with Crippen molar-refractivity contribution in [3.8, 4) is 5.75 Å². The zero-order chi connectivity index (χ0) is 26.6. The number of hydrogen-bond acceptors (Lipinski definition) is 7. The number of benzene rings is 2. The summed E-state index contributed by atoms with van der Waals surface area (Å²) in [6.45, 7) is 8.31. The highest BCUT2D eigenvalue weighted by atomic mass is 32.1. The molecule has 0 saturated carbocycles. The predicted octanol–water partition coefficient (Wildman–Crippen LogP) is 3.70. The lowest BCUT2D eigenvalue weighted by Gasteiger charge is -2.32. The van der Waals surface area contributed by atoms with Crippen LogP contribution in [0.1, 0.15) is 63.2 Å². The average Bonchev–Trinajstić information content (AvgIpc) is 3.19. The minimum absolute atomic E-state index is 0.00235. The molecule has 0 aliphatic heterocycles. The van der Waals surface area contributed by atoms with Crippen LogP contribution in [-0.4, -0.2) is 33.7 Å². The number of aromatic nitrogens is 1. The standard InChI is InChI=1S/C26H31N5O4S/c1-14(2)11-12-29-25(34)22(17-6-8-18(32)9-7-17)31(19-10-5-15(3)13-16(19)4)26(35)23-20(27)21(24(28)33)30-36-23/h5-10,13-14,22,32H,11-12,27H2,1-4H3,(H2,28,33)(H,29,34)/t22-/m0/s1. The third-order valence-corrected chi connectivity index (χ3v) is 6.57. The number of aryl methyl sites for hydroxylation is 2. The number of phenolic OH excluding ortho intramolecular Hbond substituents is 1. The summed E-state index contributed by atoms with van der Waals surface area (Å²) in [5.41, 5.74) is 13.9. The van der Waals surface area contributed by atoms with E-state index in [2.05, 4.69) is 23.5 Å². The predicted molar refractivity (Wildman–Crippen MR) is 141 cm³/mol. The van der Waals surface area contributed by atoms with Crippen LogP contribution in [0.15, 0.2) is 42.5 Å². The number of hydrogen-bond donors (Lipinski definition) is 4. The highest BCUT2D eigenvalue weighted by Gasteiger charge is 2.36. The van der Waals surface area contributed by atoms with Crippen molar-refractivity contribution in [2.75, 3.05) is 17.2 Å². The van der Waals surface area contributed by atoms with Gasteiger partial charge in [-0.2, -0.15) is 4.37 Å². The molecule has 0 fully saturated rings. The van der Waals surface area contributed by atoms with Crippen molar-refractivity contribution >= 4 is 40.6 Å². The summed E-state index contributed by atoms with van der Waals surface area (Å²) in [5.74, 6) is -1.43. The van der Waals surface area contributed by atoms with Gasteiger partial charge in [-0.25, -0.2) is 0 Å². The van der Waals surface area contributed by atoms with Gasteiger partial charge in [0.25, 0.3) is 11.8 Å². The quantitative estimate of drug-likeness (QED) is 0.345. The van der Waals surface area contributed by atoms with E-state index in [1.807, 2.05) is 26.0 Å². The van der Waals surface area contributed by atoms with Gasteiger partial charge < -0.3 is 21.9 Å². The number of nitrogens with one attached hydrogen (secondary N) is 1. The molecule has 0 aliphatic rings. The Balaban J connectivity index is 2.19. The van der Waals surface area contributed by atoms with E-state index in [9.17, 15) is 19.5 Å². The highest BCUT2D eigenvalue weighted by Crippen LogP contribution is 2.35. The normalized spacial score (nSPS) is 11.8. The fraction of sp³-hybridized carbons (Fsp3) is 0.308. The van der Waals surface area contributed by atoms with E-state index in [4.69, 9.17) is 11.5 Å². The van der Waals surface area contributed by atoms with Crippen molar-refractivity contribution in [3.05, 3.63) is 69.7 Å². The van der Waals surface area contributed by atoms with E-state index in [0.29, 0.717) is 23.7 Å². The lowest BCUT2D eigenvalue weighted by atomic mass is 10.00. The number of phenols is 1. The molecular weight excluding hydrogens is 478 g/mol. The second-order valence-corrected chi connectivity index (χ2v) is 9.84. The van der Waals surface area contributed by atoms with Gasteiger partial charge in [0.15, 0.2) is 5.69 Å². The van der Waals surface area contributed by atoms with Crippen LogP contribution in [0.4, 0.5) is 11.4 Å². The lowest BCUT2D eigenvalue weighted by molar-refractivity contribution is -0.122. The molecule has 1 aromatic heterocycles. The van der Waals surface area contributed by atoms with Gasteiger partial charge in [-0.15, -0.1) is 0 Å². The molecule has 190 valence electrons. The van der Waals surface area contributed by atoms with Gasteiger partial charge in [0.1, 0.15) is 16.7 Å². The number of aromatic hydroxyl groups is 1. The smallest absolute Gasteiger partial charge is 0.273 e. The van der Waals surface area contributed by atoms with Crippen molar-refractivity contribution in [2.45, 2.75) is 40.2 Å². The fourth-order valence-corrected chi connectivity index (χ4v) is 4.58. The molecule has 0 unspecified atom stereocenters. The minimum atomic E-state index is -1.09. The Bertz CT molecular complexity index is 1270. The van der Waals surface area contributed by atoms with E-state index in [1.54, 1.807) is 18.2 Å². The highest BCUT2D eigenvalue weighted by molar-refractivity contribution is 7.09. The number of primary amides is 1. The summed E-state index contributed by atoms with van der Waals surface area (Å²) in [5, 5.41) is 12.8. The Morgan fingerprint density at radius 1 is 1.11 bits per heavy atom. The average molecular weight is 510 g/mol. The lowest BCUT2D eigenvalue weighted by Crippen LogP contribution is -2.44. The Kier molecular flexibility index (Phi) is 8.31. The molecule has 3 rings (SSSR count). The first-order chi connectivity index (χ1) is 17.0. The number of nitrogens with zero attached hydrogens (tertiary/aromatic N) is 2. The molecule has 36 heavy (non-hydrogen) atoms. The summed E-state index contributed by atoms with van der Waals surface area (Å²) < 4.78 is 3.97. The largest absolute Gasteiger partial charge is 0.508 e. The van der Waals surface area contributed by atoms with Gasteiger partial charge >= 0.3 is 0 Å². The summed E-state index contributed by atoms with van der Waals surface area (Å²) in [6.07, 6.45) is 0.759. The summed E-state index contributed by atoms with van der Waals surface area (Å²) in [4.78, 5) is 40.8. The van der Waals surface area contributed by atoms with Gasteiger partial charge in [0.2, 0.25) is 5.91 Å². The van der Waals surface area contributed by atoms with Crippen molar-refractivity contribution in [1.82, 2.24) is 9.69 Å². The van der Waals surface area contributed by atoms with Crippen molar-refractivity contribution in [3.63, 3.8) is 0 Å². The summed E-state index contributed by atoms with van der Waals surface area (Å²) in [7, 11) is 0. The van der Waals surface area contributed by atoms with Crippen molar-refractivity contribution < 1.29 is 19.5 Å². The molecule has 3 amide bonds. The fourth-order valence-electron chi connectivity index (χ4n) is 3.83. The first-order valence-corrected chi connectivity index (χ1v) is 12.3. The molecule has 6 N–H and O–H groups in total. The monoisotopic (exact) mass is 509 g/mol. The minimum Gasteiger partial charge on any atom is -0.508 e. The SMILES string of the molecule is Cc1ccc(N(C(=O)c2snc(C(N)=O)c2N)[C@H](C(=O)NCCC(C)C)c2ccc(O)cc2)c(C)c1. The van der Waals surface area contributed by atoms with Gasteiger partial charge in [0, 0.05) is 12.2 Å². The molecule has 0 spiro atoms. The van der Waals surface area contributed by atoms with E-state index >= 15 is 0 Å². The number of carbonyl (C=O) groups excluding carboxylic acids is 3. The zero-order valence-corrected chi connectivity index (χ0v) is 21.6. The second kappa shape index (κ2) is 11.2. The van der Waals surface area contributed by atoms with Crippen LogP contribution in [0.5, 0.6) is 5.75 Å². The maximum atomic E-state index is 14.0. The van der Waals surface area contributed by atoms with Gasteiger partial charge in [-0.1, -0.05) is 43.7 Å². The van der Waals surface area contributed by atoms with E-state index in [0.717, 1.165) is 29.1 Å². The summed E-state index contributed by atoms with van der Waals surface area (Å²) >= 11 is 0.754. The van der Waals surface area contributed by atoms with Crippen LogP contribution in [0.3, 0.4) is 0 Å². The van der Waals surface area contributed by atoms with E-state index in [1.165, 1.54) is 17.0 Å². The number of anilines is 2. The van der Waals surface area contributed by atoms with Crippen LogP contribution < -0.4 is 21.7 Å². The number of rotatable bonds is 9. The molecule has 2 aromatic carbocycles. The number of nitrogens with two attached hydrogens (primary N) is 2. The molecule has 1 heterocycles. The first-order valence-electron chi connectivity index (χ1n) is 11.5. The zero-order valence-electron chi connectivity index (χ0n) is 20.7. The maximum absolute atomic E-state index is 14.0. The van der Waals surface area contributed by atoms with Crippen LogP contribution in [-0.2, 0) is 4.79 Å². The molecule has 1 atom stereocenters. The van der Waals surface area contributed by atoms with Gasteiger partial charge in [0.05, 0.1) is 5.69 Å². The Morgan fingerprint density at radius 3 is 2.33 bits per heavy atom. The second-order valence-electron chi connectivity index (χ2n) is 9.07. The molecule has 0 aliphatic carbocycles. The van der Waals surface area contributed by atoms with Crippen LogP contribution in [0.25, 0.3) is 0 Å².